The molecule has 164 valence electrons. The first-order chi connectivity index (χ1) is 12.5. The normalized spacial score (nSPS) is 17.3. The highest BCUT2D eigenvalue weighted by atomic mass is 32.2. The smallest absolute Gasteiger partial charge is 0.267 e. The third-order valence-corrected chi connectivity index (χ3v) is 4.45. The van der Waals surface area contributed by atoms with Crippen molar-refractivity contribution in [1.82, 2.24) is 9.80 Å². The Balaban J connectivity index is 4.91. The lowest BCUT2D eigenvalue weighted by Crippen LogP contribution is -2.47. The highest BCUT2D eigenvalue weighted by Crippen LogP contribution is 2.02. The Morgan fingerprint density at radius 2 is 0.926 bits per heavy atom. The molecule has 0 aliphatic carbocycles. The van der Waals surface area contributed by atoms with Gasteiger partial charge >= 0.3 is 0 Å². The standard InChI is InChI=1S/C14H32N2O10S/c17-7-11(20)3-15(4-12(21)8-18)1-2-16(5-13(22)9-19)6-14(23)10-27(24,25)26/h11-14,17-23H,1-10H2,(H,24,25,26). The SMILES string of the molecule is O=S(=O)(O)CC(O)CN(CCN(CC(O)CO)CC(O)CO)CC(O)CO. The van der Waals surface area contributed by atoms with Gasteiger partial charge in [0.25, 0.3) is 10.1 Å². The molecule has 0 bridgehead atoms. The van der Waals surface area contributed by atoms with Gasteiger partial charge in [0.05, 0.1) is 44.2 Å². The van der Waals surface area contributed by atoms with Gasteiger partial charge in [-0.2, -0.15) is 8.42 Å². The van der Waals surface area contributed by atoms with Crippen molar-refractivity contribution in [1.29, 1.82) is 0 Å². The number of rotatable bonds is 16. The molecule has 0 aromatic carbocycles. The zero-order chi connectivity index (χ0) is 21.0. The van der Waals surface area contributed by atoms with E-state index >= 15 is 0 Å². The van der Waals surface area contributed by atoms with Gasteiger partial charge in [0.15, 0.2) is 0 Å². The van der Waals surface area contributed by atoms with Crippen LogP contribution in [0, 0.1) is 0 Å². The van der Waals surface area contributed by atoms with Gasteiger partial charge in [-0.15, -0.1) is 0 Å². The molecule has 0 rings (SSSR count). The summed E-state index contributed by atoms with van der Waals surface area (Å²) in [6, 6.07) is 0. The van der Waals surface area contributed by atoms with Crippen LogP contribution in [0.4, 0.5) is 0 Å². The van der Waals surface area contributed by atoms with Crippen LogP contribution in [-0.4, -0.2) is 148 Å². The summed E-state index contributed by atoms with van der Waals surface area (Å²) in [6.45, 7) is -1.62. The van der Waals surface area contributed by atoms with Crippen LogP contribution in [0.2, 0.25) is 0 Å². The highest BCUT2D eigenvalue weighted by Gasteiger charge is 2.21. The largest absolute Gasteiger partial charge is 0.394 e. The maximum absolute atomic E-state index is 10.9. The minimum Gasteiger partial charge on any atom is -0.394 e. The van der Waals surface area contributed by atoms with Crippen molar-refractivity contribution in [2.24, 2.45) is 0 Å². The van der Waals surface area contributed by atoms with Crippen molar-refractivity contribution < 1.29 is 48.7 Å². The maximum atomic E-state index is 10.9. The lowest BCUT2D eigenvalue weighted by atomic mass is 10.2. The maximum Gasteiger partial charge on any atom is 0.267 e. The Morgan fingerprint density at radius 3 is 1.19 bits per heavy atom. The van der Waals surface area contributed by atoms with E-state index in [1.54, 1.807) is 0 Å². The molecule has 4 atom stereocenters. The number of nitrogens with zero attached hydrogens (tertiary/aromatic N) is 2. The van der Waals surface area contributed by atoms with E-state index in [-0.39, 0.29) is 39.3 Å². The third kappa shape index (κ3) is 14.2. The molecule has 13 heteroatoms. The Kier molecular flexibility index (Phi) is 13.5. The van der Waals surface area contributed by atoms with Crippen LogP contribution in [0.3, 0.4) is 0 Å². The fourth-order valence-electron chi connectivity index (χ4n) is 2.46. The molecule has 0 fully saturated rings. The van der Waals surface area contributed by atoms with Crippen LogP contribution >= 0.6 is 0 Å². The van der Waals surface area contributed by atoms with E-state index < -0.39 is 60.1 Å². The second-order valence-corrected chi connectivity index (χ2v) is 7.93. The summed E-state index contributed by atoms with van der Waals surface area (Å²) < 4.78 is 30.5. The molecule has 12 nitrogen and oxygen atoms in total. The van der Waals surface area contributed by atoms with E-state index in [9.17, 15) is 28.8 Å². The number of hydrogen-bond donors (Lipinski definition) is 8. The average Bonchev–Trinajstić information content (AvgIpc) is 2.56. The third-order valence-electron chi connectivity index (χ3n) is 3.64. The number of aliphatic hydroxyl groups is 7. The summed E-state index contributed by atoms with van der Waals surface area (Å²) in [5.74, 6) is -0.894. The fourth-order valence-corrected chi connectivity index (χ4v) is 3.05. The van der Waals surface area contributed by atoms with Gasteiger partial charge in [0, 0.05) is 39.3 Å². The van der Waals surface area contributed by atoms with Gasteiger partial charge < -0.3 is 35.7 Å². The van der Waals surface area contributed by atoms with Gasteiger partial charge in [-0.25, -0.2) is 0 Å². The first-order valence-corrected chi connectivity index (χ1v) is 10.1. The van der Waals surface area contributed by atoms with Crippen LogP contribution in [0.1, 0.15) is 0 Å². The molecule has 0 aromatic rings. The predicted molar refractivity (Wildman–Crippen MR) is 94.6 cm³/mol. The van der Waals surface area contributed by atoms with Crippen molar-refractivity contribution in [3.63, 3.8) is 0 Å². The minimum atomic E-state index is -4.39. The molecule has 27 heavy (non-hydrogen) atoms. The van der Waals surface area contributed by atoms with Gasteiger partial charge in [-0.1, -0.05) is 0 Å². The number of aliphatic hydroxyl groups excluding tert-OH is 7. The quantitative estimate of drug-likeness (QED) is 0.111. The lowest BCUT2D eigenvalue weighted by molar-refractivity contribution is 0.0109. The van der Waals surface area contributed by atoms with Crippen LogP contribution in [0.25, 0.3) is 0 Å². The van der Waals surface area contributed by atoms with E-state index in [4.69, 9.17) is 19.9 Å². The Morgan fingerprint density at radius 1 is 0.630 bits per heavy atom. The van der Waals surface area contributed by atoms with E-state index in [2.05, 4.69) is 0 Å². The number of hydrogen-bond acceptors (Lipinski definition) is 11. The van der Waals surface area contributed by atoms with Crippen molar-refractivity contribution in [3.8, 4) is 0 Å². The topological polar surface area (TPSA) is 202 Å². The van der Waals surface area contributed by atoms with E-state index in [1.807, 2.05) is 0 Å². The summed E-state index contributed by atoms with van der Waals surface area (Å²) in [4.78, 5) is 2.98. The van der Waals surface area contributed by atoms with Crippen LogP contribution in [0.5, 0.6) is 0 Å². The minimum absolute atomic E-state index is 0.0163. The van der Waals surface area contributed by atoms with Crippen LogP contribution in [0.15, 0.2) is 0 Å². The molecular formula is C14H32N2O10S. The summed E-state index contributed by atoms with van der Waals surface area (Å²) in [5, 5.41) is 65.4. The molecule has 4 unspecified atom stereocenters. The summed E-state index contributed by atoms with van der Waals surface area (Å²) >= 11 is 0. The monoisotopic (exact) mass is 420 g/mol. The summed E-state index contributed by atoms with van der Waals surface area (Å²) in [6.07, 6.45) is -4.76. The van der Waals surface area contributed by atoms with Crippen LogP contribution < -0.4 is 0 Å². The molecule has 0 radical (unpaired) electrons. The van der Waals surface area contributed by atoms with Crippen molar-refractivity contribution in [3.05, 3.63) is 0 Å². The summed E-state index contributed by atoms with van der Waals surface area (Å²) in [5.41, 5.74) is 0. The molecule has 0 saturated heterocycles. The molecule has 0 spiro atoms. The molecular weight excluding hydrogens is 388 g/mol. The van der Waals surface area contributed by atoms with Gasteiger partial charge in [-0.05, 0) is 0 Å². The Bertz CT molecular complexity index is 469. The molecule has 0 aromatic heterocycles. The second kappa shape index (κ2) is 13.7. The van der Waals surface area contributed by atoms with Gasteiger partial charge in [-0.3, -0.25) is 14.4 Å². The average molecular weight is 420 g/mol. The van der Waals surface area contributed by atoms with Crippen molar-refractivity contribution >= 4 is 10.1 Å². The molecule has 0 aliphatic rings. The fraction of sp³-hybridized carbons (Fsp3) is 1.00. The molecule has 0 heterocycles. The van der Waals surface area contributed by atoms with Gasteiger partial charge in [0.1, 0.15) is 5.75 Å². The van der Waals surface area contributed by atoms with E-state index in [0.29, 0.717) is 0 Å². The Hall–Kier alpha value is -0.450. The van der Waals surface area contributed by atoms with E-state index in [0.717, 1.165) is 0 Å². The molecule has 8 N–H and O–H groups in total. The first-order valence-electron chi connectivity index (χ1n) is 8.45. The van der Waals surface area contributed by atoms with Crippen molar-refractivity contribution in [2.75, 3.05) is 64.8 Å². The Labute approximate surface area is 158 Å². The second-order valence-electron chi connectivity index (χ2n) is 6.43. The summed E-state index contributed by atoms with van der Waals surface area (Å²) in [7, 11) is -4.39. The molecule has 0 aliphatic heterocycles. The van der Waals surface area contributed by atoms with Crippen molar-refractivity contribution in [2.45, 2.75) is 24.4 Å². The highest BCUT2D eigenvalue weighted by molar-refractivity contribution is 7.85. The predicted octanol–water partition coefficient (Wildman–Crippen LogP) is -5.10. The molecule has 0 amide bonds. The zero-order valence-electron chi connectivity index (χ0n) is 15.1. The van der Waals surface area contributed by atoms with Gasteiger partial charge in [0.2, 0.25) is 0 Å². The molecule has 0 saturated carbocycles. The zero-order valence-corrected chi connectivity index (χ0v) is 15.9. The van der Waals surface area contributed by atoms with Crippen LogP contribution in [-0.2, 0) is 10.1 Å². The lowest BCUT2D eigenvalue weighted by Gasteiger charge is -2.31. The van der Waals surface area contributed by atoms with E-state index in [1.165, 1.54) is 9.80 Å². The first kappa shape index (κ1) is 26.6.